The fraction of sp³-hybridized carbons (Fsp3) is 0.393. The van der Waals surface area contributed by atoms with Gasteiger partial charge in [0.1, 0.15) is 17.7 Å². The summed E-state index contributed by atoms with van der Waals surface area (Å²) in [6.45, 7) is 7.83. The third-order valence-corrected chi connectivity index (χ3v) is 7.37. The summed E-state index contributed by atoms with van der Waals surface area (Å²) in [7, 11) is 3.35. The molecule has 3 heterocycles. The van der Waals surface area contributed by atoms with Crippen LogP contribution in [-0.4, -0.2) is 50.6 Å². The van der Waals surface area contributed by atoms with Gasteiger partial charge in [-0.25, -0.2) is 9.78 Å². The number of hydrogen-bond acceptors (Lipinski definition) is 6. The monoisotopic (exact) mass is 517 g/mol. The van der Waals surface area contributed by atoms with Crippen LogP contribution in [0.4, 0.5) is 16.4 Å². The Hall–Kier alpha value is -4.21. The summed E-state index contributed by atoms with van der Waals surface area (Å²) in [4.78, 5) is 47.4. The van der Waals surface area contributed by atoms with E-state index in [0.29, 0.717) is 18.1 Å². The number of aryl methyl sites for hydroxylation is 3. The standard InChI is InChI=1S/C28H35N7O3/c1-7-22(20-10-8-9-16(2)18(20)4)32-28(38)35-25(27(37)33(5)24-11-12-30-34(24)6)21(26(35)36)14-19-13-17(3)31-23(29)15-19/h8-13,15,21-22,25H,7,14H2,1-6H3,(H2,29,31)(H,32,38)/t21-,22-,25+/m1/s1. The van der Waals surface area contributed by atoms with Gasteiger partial charge in [0.2, 0.25) is 5.91 Å². The van der Waals surface area contributed by atoms with Gasteiger partial charge in [0.05, 0.1) is 18.2 Å². The maximum atomic E-state index is 13.8. The first kappa shape index (κ1) is 26.8. The maximum Gasteiger partial charge on any atom is 0.325 e. The van der Waals surface area contributed by atoms with Crippen molar-refractivity contribution in [3.05, 3.63) is 70.5 Å². The minimum absolute atomic E-state index is 0.264. The number of nitrogens with one attached hydrogen (secondary N) is 1. The van der Waals surface area contributed by atoms with E-state index in [1.165, 1.54) is 4.90 Å². The largest absolute Gasteiger partial charge is 0.384 e. The number of likely N-dealkylation sites (tertiary alicyclic amines) is 1. The average molecular weight is 518 g/mol. The number of aromatic nitrogens is 3. The van der Waals surface area contributed by atoms with Crippen LogP contribution in [0.15, 0.2) is 42.6 Å². The molecule has 3 atom stereocenters. The SMILES string of the molecule is CC[C@@H](NC(=O)N1C(=O)[C@H](Cc2cc(C)nc(N)c2)[C@H]1C(=O)N(C)c1ccnn1C)c1cccc(C)c1C. The second-order valence-corrected chi connectivity index (χ2v) is 9.92. The van der Waals surface area contributed by atoms with Crippen LogP contribution < -0.4 is 16.0 Å². The second-order valence-electron chi connectivity index (χ2n) is 9.92. The highest BCUT2D eigenvalue weighted by atomic mass is 16.2. The fourth-order valence-corrected chi connectivity index (χ4v) is 5.17. The molecule has 1 fully saturated rings. The van der Waals surface area contributed by atoms with Crippen molar-refractivity contribution in [3.8, 4) is 0 Å². The topological polar surface area (TPSA) is 126 Å². The third-order valence-electron chi connectivity index (χ3n) is 7.37. The number of carbonyl (C=O) groups excluding carboxylic acids is 3. The Morgan fingerprint density at radius 2 is 1.92 bits per heavy atom. The Morgan fingerprint density at radius 3 is 2.55 bits per heavy atom. The molecular formula is C28H35N7O3. The average Bonchev–Trinajstić information content (AvgIpc) is 3.30. The Balaban J connectivity index is 1.63. The number of β-lactam (4-membered cyclic amide) rings is 1. The number of nitrogens with zero attached hydrogens (tertiary/aromatic N) is 5. The number of rotatable bonds is 7. The molecule has 3 aromatic rings. The molecule has 2 aromatic heterocycles. The first-order valence-electron chi connectivity index (χ1n) is 12.7. The lowest BCUT2D eigenvalue weighted by molar-refractivity contribution is -0.156. The van der Waals surface area contributed by atoms with E-state index in [1.54, 1.807) is 37.1 Å². The number of amides is 4. The van der Waals surface area contributed by atoms with Crippen LogP contribution in [0.5, 0.6) is 0 Å². The molecule has 10 nitrogen and oxygen atoms in total. The molecule has 4 rings (SSSR count). The predicted molar refractivity (Wildman–Crippen MR) is 145 cm³/mol. The van der Waals surface area contributed by atoms with Gasteiger partial charge in [0, 0.05) is 25.9 Å². The van der Waals surface area contributed by atoms with E-state index in [9.17, 15) is 14.4 Å². The Kier molecular flexibility index (Phi) is 7.52. The van der Waals surface area contributed by atoms with Gasteiger partial charge in [-0.2, -0.15) is 5.10 Å². The van der Waals surface area contributed by atoms with E-state index < -0.39 is 23.9 Å². The zero-order valence-corrected chi connectivity index (χ0v) is 22.7. The number of urea groups is 1. The molecule has 200 valence electrons. The number of hydrogen-bond donors (Lipinski definition) is 2. The van der Waals surface area contributed by atoms with E-state index in [0.717, 1.165) is 32.8 Å². The summed E-state index contributed by atoms with van der Waals surface area (Å²) in [6, 6.07) is 9.33. The van der Waals surface area contributed by atoms with Crippen LogP contribution in [0.1, 0.15) is 47.3 Å². The molecule has 0 saturated carbocycles. The van der Waals surface area contributed by atoms with Crippen molar-refractivity contribution in [3.63, 3.8) is 0 Å². The predicted octanol–water partition coefficient (Wildman–Crippen LogP) is 3.22. The quantitative estimate of drug-likeness (QED) is 0.464. The lowest BCUT2D eigenvalue weighted by Gasteiger charge is -2.46. The van der Waals surface area contributed by atoms with Crippen molar-refractivity contribution in [2.75, 3.05) is 17.7 Å². The molecule has 1 aliphatic heterocycles. The highest BCUT2D eigenvalue weighted by molar-refractivity contribution is 6.12. The summed E-state index contributed by atoms with van der Waals surface area (Å²) < 4.78 is 1.57. The van der Waals surface area contributed by atoms with Crippen molar-refractivity contribution < 1.29 is 14.4 Å². The summed E-state index contributed by atoms with van der Waals surface area (Å²) in [5, 5.41) is 7.14. The van der Waals surface area contributed by atoms with Gasteiger partial charge in [-0.05, 0) is 68.0 Å². The number of nitrogens with two attached hydrogens (primary N) is 1. The molecule has 0 aliphatic carbocycles. The fourth-order valence-electron chi connectivity index (χ4n) is 5.17. The molecule has 1 saturated heterocycles. The zero-order valence-electron chi connectivity index (χ0n) is 22.7. The van der Waals surface area contributed by atoms with Crippen molar-refractivity contribution >= 4 is 29.5 Å². The molecule has 0 radical (unpaired) electrons. The number of pyridine rings is 1. The molecule has 1 aliphatic rings. The zero-order chi connectivity index (χ0) is 27.7. The number of anilines is 2. The Labute approximate surface area is 222 Å². The van der Waals surface area contributed by atoms with Gasteiger partial charge in [0.15, 0.2) is 0 Å². The van der Waals surface area contributed by atoms with Crippen molar-refractivity contribution in [2.24, 2.45) is 13.0 Å². The van der Waals surface area contributed by atoms with Gasteiger partial charge in [-0.3, -0.25) is 24.1 Å². The van der Waals surface area contributed by atoms with Crippen molar-refractivity contribution in [2.45, 2.75) is 52.6 Å². The van der Waals surface area contributed by atoms with Crippen LogP contribution in [0.2, 0.25) is 0 Å². The first-order chi connectivity index (χ1) is 18.0. The normalized spacial score (nSPS) is 17.6. The number of benzene rings is 1. The molecule has 3 N–H and O–H groups in total. The van der Waals surface area contributed by atoms with Gasteiger partial charge in [-0.1, -0.05) is 25.1 Å². The number of carbonyl (C=O) groups is 3. The molecular weight excluding hydrogens is 482 g/mol. The minimum atomic E-state index is -0.979. The first-order valence-corrected chi connectivity index (χ1v) is 12.7. The van der Waals surface area contributed by atoms with Crippen LogP contribution in [0, 0.1) is 26.7 Å². The highest BCUT2D eigenvalue weighted by Crippen LogP contribution is 2.34. The van der Waals surface area contributed by atoms with E-state index in [2.05, 4.69) is 15.4 Å². The van der Waals surface area contributed by atoms with Crippen LogP contribution in [0.25, 0.3) is 0 Å². The van der Waals surface area contributed by atoms with E-state index in [4.69, 9.17) is 5.73 Å². The van der Waals surface area contributed by atoms with E-state index in [-0.39, 0.29) is 18.4 Å². The van der Waals surface area contributed by atoms with Gasteiger partial charge < -0.3 is 11.1 Å². The van der Waals surface area contributed by atoms with Gasteiger partial charge >= 0.3 is 6.03 Å². The molecule has 0 spiro atoms. The van der Waals surface area contributed by atoms with Crippen molar-refractivity contribution in [1.82, 2.24) is 25.0 Å². The number of likely N-dealkylation sites (N-methyl/N-ethyl adjacent to an activating group) is 1. The highest BCUT2D eigenvalue weighted by Gasteiger charge is 2.55. The smallest absolute Gasteiger partial charge is 0.325 e. The van der Waals surface area contributed by atoms with E-state index >= 15 is 0 Å². The van der Waals surface area contributed by atoms with Crippen LogP contribution in [0.3, 0.4) is 0 Å². The molecule has 10 heteroatoms. The van der Waals surface area contributed by atoms with E-state index in [1.807, 2.05) is 52.0 Å². The molecule has 38 heavy (non-hydrogen) atoms. The molecule has 1 aromatic carbocycles. The Bertz CT molecular complexity index is 1360. The number of nitrogen functional groups attached to an aromatic ring is 1. The maximum absolute atomic E-state index is 13.8. The summed E-state index contributed by atoms with van der Waals surface area (Å²) in [5.41, 5.74) is 10.6. The van der Waals surface area contributed by atoms with Crippen molar-refractivity contribution in [1.29, 1.82) is 0 Å². The third kappa shape index (κ3) is 4.98. The number of imide groups is 1. The molecule has 0 bridgehead atoms. The summed E-state index contributed by atoms with van der Waals surface area (Å²) in [5.74, 6) is -0.587. The second kappa shape index (κ2) is 10.6. The molecule has 0 unspecified atom stereocenters. The van der Waals surface area contributed by atoms with Crippen LogP contribution in [-0.2, 0) is 23.1 Å². The minimum Gasteiger partial charge on any atom is -0.384 e. The van der Waals surface area contributed by atoms with Gasteiger partial charge in [0.25, 0.3) is 5.91 Å². The van der Waals surface area contributed by atoms with Gasteiger partial charge in [-0.15, -0.1) is 0 Å². The summed E-state index contributed by atoms with van der Waals surface area (Å²) >= 11 is 0. The Morgan fingerprint density at radius 1 is 1.18 bits per heavy atom. The summed E-state index contributed by atoms with van der Waals surface area (Å²) in [6.07, 6.45) is 2.48. The lowest BCUT2D eigenvalue weighted by Crippen LogP contribution is -2.70. The molecule has 4 amide bonds. The van der Waals surface area contributed by atoms with Crippen LogP contribution >= 0.6 is 0 Å². The lowest BCUT2D eigenvalue weighted by atomic mass is 9.81.